The van der Waals surface area contributed by atoms with Crippen molar-refractivity contribution in [2.45, 2.75) is 6.92 Å². The van der Waals surface area contributed by atoms with Crippen LogP contribution in [-0.4, -0.2) is 30.6 Å². The molecule has 2 aromatic rings. The van der Waals surface area contributed by atoms with Gasteiger partial charge in [0.15, 0.2) is 0 Å². The number of hydrogen-bond donors (Lipinski definition) is 3. The third-order valence-corrected chi connectivity index (χ3v) is 2.92. The molecule has 0 unspecified atom stereocenters. The number of nitrogens with one attached hydrogen (secondary N) is 3. The summed E-state index contributed by atoms with van der Waals surface area (Å²) in [5.41, 5.74) is 1.46. The van der Waals surface area contributed by atoms with E-state index in [4.69, 9.17) is 4.74 Å². The SMILES string of the molecule is CCNC(=O)Nc1cccc(NC(=O)c2cccnc2OC)c1. The molecule has 120 valence electrons. The Bertz CT molecular complexity index is 703. The van der Waals surface area contributed by atoms with Crippen LogP contribution in [0.25, 0.3) is 0 Å². The Balaban J connectivity index is 2.11. The zero-order chi connectivity index (χ0) is 16.7. The van der Waals surface area contributed by atoms with Crippen molar-refractivity contribution in [1.29, 1.82) is 0 Å². The molecule has 0 aliphatic rings. The van der Waals surface area contributed by atoms with Crippen molar-refractivity contribution < 1.29 is 14.3 Å². The molecule has 0 spiro atoms. The number of carbonyl (C=O) groups is 2. The average Bonchev–Trinajstić information content (AvgIpc) is 2.55. The Morgan fingerprint density at radius 1 is 1.13 bits per heavy atom. The Morgan fingerprint density at radius 2 is 1.87 bits per heavy atom. The topological polar surface area (TPSA) is 92.4 Å². The molecule has 7 nitrogen and oxygen atoms in total. The molecule has 7 heteroatoms. The molecule has 23 heavy (non-hydrogen) atoms. The predicted molar refractivity (Wildman–Crippen MR) is 87.9 cm³/mol. The molecular weight excluding hydrogens is 296 g/mol. The zero-order valence-electron chi connectivity index (χ0n) is 12.9. The van der Waals surface area contributed by atoms with Crippen molar-refractivity contribution >= 4 is 23.3 Å². The van der Waals surface area contributed by atoms with E-state index in [1.807, 2.05) is 6.92 Å². The lowest BCUT2D eigenvalue weighted by atomic mass is 10.2. The van der Waals surface area contributed by atoms with E-state index in [9.17, 15) is 9.59 Å². The smallest absolute Gasteiger partial charge is 0.319 e. The van der Waals surface area contributed by atoms with Gasteiger partial charge in [-0.3, -0.25) is 4.79 Å². The van der Waals surface area contributed by atoms with Crippen molar-refractivity contribution in [3.05, 3.63) is 48.2 Å². The molecule has 0 fully saturated rings. The van der Waals surface area contributed by atoms with Crippen molar-refractivity contribution in [2.24, 2.45) is 0 Å². The monoisotopic (exact) mass is 314 g/mol. The summed E-state index contributed by atoms with van der Waals surface area (Å²) < 4.78 is 5.07. The summed E-state index contributed by atoms with van der Waals surface area (Å²) in [5, 5.41) is 8.06. The highest BCUT2D eigenvalue weighted by molar-refractivity contribution is 6.06. The van der Waals surface area contributed by atoms with Crippen molar-refractivity contribution in [2.75, 3.05) is 24.3 Å². The molecule has 1 aromatic carbocycles. The lowest BCUT2D eigenvalue weighted by Gasteiger charge is -2.10. The number of aromatic nitrogens is 1. The number of benzene rings is 1. The maximum absolute atomic E-state index is 12.3. The molecule has 3 amide bonds. The summed E-state index contributed by atoms with van der Waals surface area (Å²) in [6.07, 6.45) is 1.55. The van der Waals surface area contributed by atoms with Crippen LogP contribution in [0.4, 0.5) is 16.2 Å². The number of nitrogens with zero attached hydrogens (tertiary/aromatic N) is 1. The lowest BCUT2D eigenvalue weighted by molar-refractivity contribution is 0.102. The number of rotatable bonds is 5. The number of amides is 3. The quantitative estimate of drug-likeness (QED) is 0.790. The van der Waals surface area contributed by atoms with E-state index in [-0.39, 0.29) is 17.8 Å². The second-order valence-corrected chi connectivity index (χ2v) is 4.58. The van der Waals surface area contributed by atoms with E-state index < -0.39 is 0 Å². The molecule has 0 atom stereocenters. The van der Waals surface area contributed by atoms with Gasteiger partial charge in [0.1, 0.15) is 5.56 Å². The van der Waals surface area contributed by atoms with Gasteiger partial charge in [-0.15, -0.1) is 0 Å². The van der Waals surface area contributed by atoms with E-state index in [1.54, 1.807) is 42.6 Å². The summed E-state index contributed by atoms with van der Waals surface area (Å²) >= 11 is 0. The van der Waals surface area contributed by atoms with E-state index in [0.717, 1.165) is 0 Å². The molecule has 2 rings (SSSR count). The minimum Gasteiger partial charge on any atom is -0.480 e. The number of urea groups is 1. The summed E-state index contributed by atoms with van der Waals surface area (Å²) in [5.74, 6) is -0.0910. The van der Waals surface area contributed by atoms with Gasteiger partial charge >= 0.3 is 6.03 Å². The van der Waals surface area contributed by atoms with E-state index in [1.165, 1.54) is 7.11 Å². The number of carbonyl (C=O) groups excluding carboxylic acids is 2. The maximum Gasteiger partial charge on any atom is 0.319 e. The fourth-order valence-electron chi connectivity index (χ4n) is 1.94. The second-order valence-electron chi connectivity index (χ2n) is 4.58. The molecule has 0 aliphatic heterocycles. The summed E-state index contributed by atoms with van der Waals surface area (Å²) in [4.78, 5) is 27.8. The number of anilines is 2. The zero-order valence-corrected chi connectivity index (χ0v) is 12.9. The first-order valence-corrected chi connectivity index (χ1v) is 7.09. The van der Waals surface area contributed by atoms with Gasteiger partial charge < -0.3 is 20.7 Å². The summed E-state index contributed by atoms with van der Waals surface area (Å²) in [6, 6.07) is 9.83. The molecular formula is C16H18N4O3. The fourth-order valence-corrected chi connectivity index (χ4v) is 1.94. The molecule has 0 aliphatic carbocycles. The van der Waals surface area contributed by atoms with E-state index >= 15 is 0 Å². The van der Waals surface area contributed by atoms with Gasteiger partial charge in [0.2, 0.25) is 5.88 Å². The van der Waals surface area contributed by atoms with Crippen LogP contribution >= 0.6 is 0 Å². The van der Waals surface area contributed by atoms with Gasteiger partial charge in [-0.1, -0.05) is 6.07 Å². The number of ether oxygens (including phenoxy) is 1. The van der Waals surface area contributed by atoms with Crippen LogP contribution in [-0.2, 0) is 0 Å². The normalized spacial score (nSPS) is 9.83. The number of hydrogen-bond acceptors (Lipinski definition) is 4. The van der Waals surface area contributed by atoms with Crippen molar-refractivity contribution in [3.8, 4) is 5.88 Å². The van der Waals surface area contributed by atoms with Crippen LogP contribution in [0.2, 0.25) is 0 Å². The molecule has 0 saturated carbocycles. The Labute approximate surface area is 134 Å². The Morgan fingerprint density at radius 3 is 2.57 bits per heavy atom. The van der Waals surface area contributed by atoms with Crippen LogP contribution in [0.1, 0.15) is 17.3 Å². The van der Waals surface area contributed by atoms with Gasteiger partial charge in [-0.2, -0.15) is 0 Å². The van der Waals surface area contributed by atoms with Gasteiger partial charge in [-0.05, 0) is 37.3 Å². The van der Waals surface area contributed by atoms with Crippen LogP contribution < -0.4 is 20.7 Å². The first-order chi connectivity index (χ1) is 11.1. The van der Waals surface area contributed by atoms with Crippen LogP contribution in [0.15, 0.2) is 42.6 Å². The Kier molecular flexibility index (Phi) is 5.51. The summed E-state index contributed by atoms with van der Waals surface area (Å²) in [7, 11) is 1.45. The molecule has 3 N–H and O–H groups in total. The van der Waals surface area contributed by atoms with E-state index in [0.29, 0.717) is 23.5 Å². The second kappa shape index (κ2) is 7.79. The standard InChI is InChI=1S/C16H18N4O3/c1-3-17-16(22)20-12-7-4-6-11(10-12)19-14(21)13-8-5-9-18-15(13)23-2/h4-10H,3H2,1-2H3,(H,19,21)(H2,17,20,22). The highest BCUT2D eigenvalue weighted by Gasteiger charge is 2.13. The van der Waals surface area contributed by atoms with Gasteiger partial charge in [0, 0.05) is 24.1 Å². The van der Waals surface area contributed by atoms with Gasteiger partial charge in [0.25, 0.3) is 5.91 Å². The fraction of sp³-hybridized carbons (Fsp3) is 0.188. The first-order valence-electron chi connectivity index (χ1n) is 7.09. The molecule has 0 saturated heterocycles. The highest BCUT2D eigenvalue weighted by atomic mass is 16.5. The van der Waals surface area contributed by atoms with Crippen LogP contribution in [0.3, 0.4) is 0 Å². The third kappa shape index (κ3) is 4.44. The molecule has 1 heterocycles. The van der Waals surface area contributed by atoms with Crippen LogP contribution in [0, 0.1) is 0 Å². The Hall–Kier alpha value is -3.09. The summed E-state index contributed by atoms with van der Waals surface area (Å²) in [6.45, 7) is 2.36. The van der Waals surface area contributed by atoms with Crippen molar-refractivity contribution in [1.82, 2.24) is 10.3 Å². The largest absolute Gasteiger partial charge is 0.480 e. The number of pyridine rings is 1. The van der Waals surface area contributed by atoms with Crippen molar-refractivity contribution in [3.63, 3.8) is 0 Å². The van der Waals surface area contributed by atoms with Crippen LogP contribution in [0.5, 0.6) is 5.88 Å². The number of methoxy groups -OCH3 is 1. The van der Waals surface area contributed by atoms with Gasteiger partial charge in [0.05, 0.1) is 7.11 Å². The molecule has 0 radical (unpaired) electrons. The molecule has 0 bridgehead atoms. The minimum atomic E-state index is -0.342. The lowest BCUT2D eigenvalue weighted by Crippen LogP contribution is -2.28. The first kappa shape index (κ1) is 16.3. The average molecular weight is 314 g/mol. The van der Waals surface area contributed by atoms with Gasteiger partial charge in [-0.25, -0.2) is 9.78 Å². The third-order valence-electron chi connectivity index (χ3n) is 2.92. The molecule has 1 aromatic heterocycles. The predicted octanol–water partition coefficient (Wildman–Crippen LogP) is 2.48. The maximum atomic E-state index is 12.3. The minimum absolute atomic E-state index is 0.251. The van der Waals surface area contributed by atoms with E-state index in [2.05, 4.69) is 20.9 Å². The highest BCUT2D eigenvalue weighted by Crippen LogP contribution is 2.19.